The van der Waals surface area contributed by atoms with Gasteiger partial charge in [-0.1, -0.05) is 17.7 Å². The van der Waals surface area contributed by atoms with Crippen LogP contribution in [0.4, 0.5) is 11.4 Å². The summed E-state index contributed by atoms with van der Waals surface area (Å²) in [5.74, 6) is -0.735. The molecule has 7 heteroatoms. The minimum Gasteiger partial charge on any atom is -0.383 e. The number of rotatable bonds is 2. The molecule has 0 saturated heterocycles. The molecule has 0 radical (unpaired) electrons. The van der Waals surface area contributed by atoms with Crippen molar-refractivity contribution in [1.82, 2.24) is 0 Å². The van der Waals surface area contributed by atoms with Crippen LogP contribution < -0.4 is 10.6 Å². The van der Waals surface area contributed by atoms with Crippen molar-refractivity contribution >= 4 is 46.1 Å². The number of carbonyl (C=O) groups is 2. The van der Waals surface area contributed by atoms with Crippen LogP contribution in [0, 0.1) is 0 Å². The number of halogens is 1. The van der Waals surface area contributed by atoms with Crippen LogP contribution in [0.15, 0.2) is 30.3 Å². The predicted molar refractivity (Wildman–Crippen MR) is 81.7 cm³/mol. The number of carbonyl (C=O) groups excluding carboxylic acids is 2. The summed E-state index contributed by atoms with van der Waals surface area (Å²) in [5, 5.41) is 15.6. The third-order valence-corrected chi connectivity index (χ3v) is 4.38. The van der Waals surface area contributed by atoms with Crippen molar-refractivity contribution < 1.29 is 14.7 Å². The summed E-state index contributed by atoms with van der Waals surface area (Å²) in [6, 6.07) is 8.48. The van der Waals surface area contributed by atoms with Gasteiger partial charge in [0.2, 0.25) is 11.8 Å². The molecular weight excluding hydrogens is 312 g/mol. The van der Waals surface area contributed by atoms with Crippen LogP contribution in [0.3, 0.4) is 0 Å². The minimum absolute atomic E-state index is 0.215. The largest absolute Gasteiger partial charge is 0.383 e. The van der Waals surface area contributed by atoms with Crippen LogP contribution in [0.25, 0.3) is 0 Å². The SMILES string of the molecule is O=C1CC(=O)Nc2cc(C(O)c3ccc(Cl)s3)ccc2N1. The van der Waals surface area contributed by atoms with E-state index >= 15 is 0 Å². The molecule has 5 nitrogen and oxygen atoms in total. The summed E-state index contributed by atoms with van der Waals surface area (Å²) in [6.45, 7) is 0. The zero-order valence-corrected chi connectivity index (χ0v) is 12.3. The first-order valence-corrected chi connectivity index (χ1v) is 7.39. The molecule has 1 aromatic carbocycles. The molecule has 3 rings (SSSR count). The molecule has 1 atom stereocenters. The third kappa shape index (κ3) is 2.92. The molecule has 21 heavy (non-hydrogen) atoms. The number of amides is 2. The van der Waals surface area contributed by atoms with Gasteiger partial charge in [-0.3, -0.25) is 9.59 Å². The normalized spacial score (nSPS) is 15.7. The van der Waals surface area contributed by atoms with Crippen LogP contribution in [0.2, 0.25) is 4.34 Å². The maximum absolute atomic E-state index is 11.6. The first-order valence-electron chi connectivity index (χ1n) is 6.20. The summed E-state index contributed by atoms with van der Waals surface area (Å²) in [7, 11) is 0. The Kier molecular flexibility index (Phi) is 3.67. The number of nitrogens with one attached hydrogen (secondary N) is 2. The second kappa shape index (κ2) is 5.48. The van der Waals surface area contributed by atoms with Crippen LogP contribution in [0.5, 0.6) is 0 Å². The molecule has 2 amide bonds. The Morgan fingerprint density at radius 1 is 1.10 bits per heavy atom. The van der Waals surface area contributed by atoms with Gasteiger partial charge in [0.25, 0.3) is 0 Å². The second-order valence-corrected chi connectivity index (χ2v) is 6.37. The number of anilines is 2. The smallest absolute Gasteiger partial charge is 0.233 e. The van der Waals surface area contributed by atoms with Gasteiger partial charge < -0.3 is 15.7 Å². The average molecular weight is 323 g/mol. The molecule has 0 fully saturated rings. The number of benzene rings is 1. The van der Waals surface area contributed by atoms with Gasteiger partial charge in [0.15, 0.2) is 0 Å². The first kappa shape index (κ1) is 14.1. The summed E-state index contributed by atoms with van der Waals surface area (Å²) in [5.41, 5.74) is 1.61. The highest BCUT2D eigenvalue weighted by Crippen LogP contribution is 2.34. The van der Waals surface area contributed by atoms with Crippen LogP contribution in [-0.4, -0.2) is 16.9 Å². The standard InChI is InChI=1S/C14H11ClN2O3S/c15-11-4-3-10(21-11)14(20)7-1-2-8-9(5-7)17-13(19)6-12(18)16-8/h1-5,14,20H,6H2,(H,16,18)(H,17,19). The number of aliphatic hydroxyl groups is 1. The molecule has 1 aromatic heterocycles. The summed E-state index contributed by atoms with van der Waals surface area (Å²) < 4.78 is 0.597. The van der Waals surface area contributed by atoms with Crippen molar-refractivity contribution in [2.24, 2.45) is 0 Å². The van der Waals surface area contributed by atoms with Crippen molar-refractivity contribution in [3.8, 4) is 0 Å². The Bertz CT molecular complexity index is 729. The Morgan fingerprint density at radius 2 is 1.81 bits per heavy atom. The van der Waals surface area contributed by atoms with Gasteiger partial charge in [0, 0.05) is 4.88 Å². The lowest BCUT2D eigenvalue weighted by Gasteiger charge is -2.13. The minimum atomic E-state index is -0.830. The van der Waals surface area contributed by atoms with Crippen molar-refractivity contribution in [2.45, 2.75) is 12.5 Å². The fourth-order valence-corrected chi connectivity index (χ4v) is 3.19. The van der Waals surface area contributed by atoms with Gasteiger partial charge in [-0.2, -0.15) is 0 Å². The first-order chi connectivity index (χ1) is 10.0. The van der Waals surface area contributed by atoms with E-state index in [-0.39, 0.29) is 18.2 Å². The summed E-state index contributed by atoms with van der Waals surface area (Å²) in [4.78, 5) is 23.7. The van der Waals surface area contributed by atoms with Gasteiger partial charge in [0.05, 0.1) is 15.7 Å². The highest BCUT2D eigenvalue weighted by Gasteiger charge is 2.20. The number of aliphatic hydroxyl groups excluding tert-OH is 1. The van der Waals surface area contributed by atoms with E-state index in [9.17, 15) is 14.7 Å². The molecular formula is C14H11ClN2O3S. The Morgan fingerprint density at radius 3 is 2.48 bits per heavy atom. The highest BCUT2D eigenvalue weighted by atomic mass is 35.5. The Labute approximate surface area is 129 Å². The molecule has 0 spiro atoms. The molecule has 1 unspecified atom stereocenters. The fraction of sp³-hybridized carbons (Fsp3) is 0.143. The average Bonchev–Trinajstić information content (AvgIpc) is 2.79. The Balaban J connectivity index is 1.95. The van der Waals surface area contributed by atoms with Gasteiger partial charge in [-0.25, -0.2) is 0 Å². The summed E-state index contributed by atoms with van der Waals surface area (Å²) in [6.07, 6.45) is -1.05. The van der Waals surface area contributed by atoms with E-state index in [4.69, 9.17) is 11.6 Å². The molecule has 0 saturated carbocycles. The quantitative estimate of drug-likeness (QED) is 0.744. The van der Waals surface area contributed by atoms with E-state index in [1.54, 1.807) is 30.3 Å². The van der Waals surface area contributed by atoms with E-state index in [2.05, 4.69) is 10.6 Å². The van der Waals surface area contributed by atoms with Crippen molar-refractivity contribution in [3.63, 3.8) is 0 Å². The van der Waals surface area contributed by atoms with Gasteiger partial charge in [0.1, 0.15) is 12.5 Å². The number of fused-ring (bicyclic) bond motifs is 1. The maximum atomic E-state index is 11.6. The zero-order chi connectivity index (χ0) is 15.0. The van der Waals surface area contributed by atoms with Crippen LogP contribution in [0.1, 0.15) is 23.0 Å². The second-order valence-electron chi connectivity index (χ2n) is 4.62. The van der Waals surface area contributed by atoms with Crippen LogP contribution in [-0.2, 0) is 9.59 Å². The van der Waals surface area contributed by atoms with Gasteiger partial charge >= 0.3 is 0 Å². The van der Waals surface area contributed by atoms with E-state index in [0.717, 1.165) is 0 Å². The van der Waals surface area contributed by atoms with E-state index < -0.39 is 6.10 Å². The van der Waals surface area contributed by atoms with Crippen molar-refractivity contribution in [1.29, 1.82) is 0 Å². The predicted octanol–water partition coefficient (Wildman–Crippen LogP) is 2.76. The monoisotopic (exact) mass is 322 g/mol. The van der Waals surface area contributed by atoms with E-state index in [0.29, 0.717) is 26.2 Å². The fourth-order valence-electron chi connectivity index (χ4n) is 2.12. The van der Waals surface area contributed by atoms with Crippen LogP contribution >= 0.6 is 22.9 Å². The lowest BCUT2D eigenvalue weighted by Crippen LogP contribution is -2.16. The number of hydrogen-bond acceptors (Lipinski definition) is 4. The topological polar surface area (TPSA) is 78.4 Å². The molecule has 1 aliphatic heterocycles. The summed E-state index contributed by atoms with van der Waals surface area (Å²) >= 11 is 7.16. The van der Waals surface area contributed by atoms with Crippen molar-refractivity contribution in [3.05, 3.63) is 45.1 Å². The molecule has 3 N–H and O–H groups in total. The molecule has 2 aromatic rings. The number of hydrogen-bond donors (Lipinski definition) is 3. The molecule has 1 aliphatic rings. The number of thiophene rings is 1. The molecule has 2 heterocycles. The van der Waals surface area contributed by atoms with Crippen molar-refractivity contribution in [2.75, 3.05) is 10.6 Å². The Hall–Kier alpha value is -1.89. The maximum Gasteiger partial charge on any atom is 0.233 e. The van der Waals surface area contributed by atoms with Gasteiger partial charge in [-0.05, 0) is 29.8 Å². The third-order valence-electron chi connectivity index (χ3n) is 3.09. The molecule has 108 valence electrons. The lowest BCUT2D eigenvalue weighted by molar-refractivity contribution is -0.123. The lowest BCUT2D eigenvalue weighted by atomic mass is 10.1. The molecule has 0 aliphatic carbocycles. The zero-order valence-electron chi connectivity index (χ0n) is 10.7. The van der Waals surface area contributed by atoms with Gasteiger partial charge in [-0.15, -0.1) is 11.3 Å². The van der Waals surface area contributed by atoms with E-state index in [1.165, 1.54) is 11.3 Å². The highest BCUT2D eigenvalue weighted by molar-refractivity contribution is 7.16. The molecule has 0 bridgehead atoms. The van der Waals surface area contributed by atoms with E-state index in [1.807, 2.05) is 0 Å².